The van der Waals surface area contributed by atoms with Crippen molar-refractivity contribution in [3.63, 3.8) is 0 Å². The highest BCUT2D eigenvalue weighted by Crippen LogP contribution is 2.47. The molecule has 0 saturated carbocycles. The normalized spacial score (nSPS) is 17.6. The minimum atomic E-state index is -0.720. The van der Waals surface area contributed by atoms with Gasteiger partial charge in [-0.1, -0.05) is 78.9 Å². The van der Waals surface area contributed by atoms with Gasteiger partial charge < -0.3 is 14.5 Å². The molecule has 0 aliphatic carbocycles. The molecule has 0 radical (unpaired) electrons. The summed E-state index contributed by atoms with van der Waals surface area (Å²) in [7, 11) is 0. The number of anilines is 1. The third kappa shape index (κ3) is 3.16. The zero-order valence-electron chi connectivity index (χ0n) is 15.9. The van der Waals surface area contributed by atoms with Crippen LogP contribution in [-0.4, -0.2) is 6.23 Å². The first-order valence-electron chi connectivity index (χ1n) is 9.73. The Labute approximate surface area is 170 Å². The van der Waals surface area contributed by atoms with Crippen molar-refractivity contribution in [3.8, 4) is 0 Å². The second kappa shape index (κ2) is 7.46. The van der Waals surface area contributed by atoms with Gasteiger partial charge in [0, 0.05) is 11.3 Å². The summed E-state index contributed by atoms with van der Waals surface area (Å²) in [4.78, 5) is 0. The van der Waals surface area contributed by atoms with E-state index in [1.165, 1.54) is 0 Å². The second-order valence-corrected chi connectivity index (χ2v) is 7.02. The molecule has 0 saturated heterocycles. The molecule has 1 atom stereocenters. The van der Waals surface area contributed by atoms with Crippen LogP contribution in [0.25, 0.3) is 6.08 Å². The Hall–Kier alpha value is -3.56. The number of furan rings is 1. The van der Waals surface area contributed by atoms with E-state index in [0.29, 0.717) is 0 Å². The lowest BCUT2D eigenvalue weighted by Gasteiger charge is -2.43. The number of benzene rings is 3. The van der Waals surface area contributed by atoms with E-state index in [2.05, 4.69) is 72.0 Å². The first-order chi connectivity index (χ1) is 14.4. The van der Waals surface area contributed by atoms with Crippen molar-refractivity contribution in [2.75, 3.05) is 5.32 Å². The van der Waals surface area contributed by atoms with Gasteiger partial charge in [0.25, 0.3) is 0 Å². The molecule has 1 aromatic heterocycles. The third-order valence-corrected chi connectivity index (χ3v) is 5.25. The third-order valence-electron chi connectivity index (χ3n) is 5.25. The van der Waals surface area contributed by atoms with E-state index >= 15 is 0 Å². The van der Waals surface area contributed by atoms with Gasteiger partial charge in [0.1, 0.15) is 17.6 Å². The van der Waals surface area contributed by atoms with Crippen molar-refractivity contribution in [1.82, 2.24) is 0 Å². The molecule has 3 heteroatoms. The summed E-state index contributed by atoms with van der Waals surface area (Å²) in [6, 6.07) is 32.9. The Morgan fingerprint density at radius 3 is 2.03 bits per heavy atom. The molecule has 1 unspecified atom stereocenters. The van der Waals surface area contributed by atoms with Gasteiger partial charge >= 0.3 is 0 Å². The predicted molar refractivity (Wildman–Crippen MR) is 115 cm³/mol. The Balaban J connectivity index is 1.69. The Morgan fingerprint density at radius 2 is 1.38 bits per heavy atom. The molecule has 142 valence electrons. The standard InChI is InChI=1S/C26H21NO2/c1-3-10-20(11-4-1)26(21-12-5-2-6-13-21)23-15-7-8-16-24(23)27-25(29-26)18-17-22-14-9-19-28-22/h1-19,25,27H. The first-order valence-corrected chi connectivity index (χ1v) is 9.73. The van der Waals surface area contributed by atoms with E-state index in [4.69, 9.17) is 9.15 Å². The van der Waals surface area contributed by atoms with Crippen LogP contribution in [0.2, 0.25) is 0 Å². The highest BCUT2D eigenvalue weighted by atomic mass is 16.5. The van der Waals surface area contributed by atoms with Crippen molar-refractivity contribution in [3.05, 3.63) is 132 Å². The molecule has 5 rings (SSSR count). The molecule has 1 N–H and O–H groups in total. The van der Waals surface area contributed by atoms with E-state index in [1.807, 2.05) is 42.5 Å². The lowest BCUT2D eigenvalue weighted by atomic mass is 9.78. The van der Waals surface area contributed by atoms with Crippen LogP contribution >= 0.6 is 0 Å². The van der Waals surface area contributed by atoms with Crippen LogP contribution in [0.15, 0.2) is 114 Å². The van der Waals surface area contributed by atoms with Crippen LogP contribution in [0.5, 0.6) is 0 Å². The van der Waals surface area contributed by atoms with Gasteiger partial charge in [-0.3, -0.25) is 0 Å². The predicted octanol–water partition coefficient (Wildman–Crippen LogP) is 6.05. The maximum atomic E-state index is 6.83. The van der Waals surface area contributed by atoms with Crippen LogP contribution in [-0.2, 0) is 10.3 Å². The number of rotatable bonds is 4. The van der Waals surface area contributed by atoms with Gasteiger partial charge in [0.2, 0.25) is 0 Å². The van der Waals surface area contributed by atoms with Crippen LogP contribution in [0.4, 0.5) is 5.69 Å². The number of hydrogen-bond acceptors (Lipinski definition) is 3. The molecule has 0 fully saturated rings. The number of nitrogens with one attached hydrogen (secondary N) is 1. The van der Waals surface area contributed by atoms with E-state index in [-0.39, 0.29) is 6.23 Å². The molecule has 4 aromatic rings. The van der Waals surface area contributed by atoms with Crippen molar-refractivity contribution in [2.45, 2.75) is 11.8 Å². The van der Waals surface area contributed by atoms with Crippen molar-refractivity contribution in [1.29, 1.82) is 0 Å². The summed E-state index contributed by atoms with van der Waals surface area (Å²) in [5, 5.41) is 3.50. The summed E-state index contributed by atoms with van der Waals surface area (Å²) in [5.41, 5.74) is 3.62. The van der Waals surface area contributed by atoms with Crippen molar-refractivity contribution < 1.29 is 9.15 Å². The zero-order valence-corrected chi connectivity index (χ0v) is 15.9. The SMILES string of the molecule is C(=CC1Nc2ccccc2C(c2ccccc2)(c2ccccc2)O1)c1ccco1. The van der Waals surface area contributed by atoms with Gasteiger partial charge in [0.15, 0.2) is 0 Å². The summed E-state index contributed by atoms with van der Waals surface area (Å²) in [5.74, 6) is 0.791. The van der Waals surface area contributed by atoms with E-state index in [1.54, 1.807) is 6.26 Å². The summed E-state index contributed by atoms with van der Waals surface area (Å²) in [6.45, 7) is 0. The highest BCUT2D eigenvalue weighted by molar-refractivity contribution is 5.64. The monoisotopic (exact) mass is 379 g/mol. The topological polar surface area (TPSA) is 34.4 Å². The van der Waals surface area contributed by atoms with Gasteiger partial charge in [0.05, 0.1) is 6.26 Å². The fourth-order valence-corrected chi connectivity index (χ4v) is 3.97. The molecule has 0 amide bonds. The summed E-state index contributed by atoms with van der Waals surface area (Å²) < 4.78 is 12.3. The largest absolute Gasteiger partial charge is 0.465 e. The van der Waals surface area contributed by atoms with Crippen LogP contribution in [0.3, 0.4) is 0 Å². The van der Waals surface area contributed by atoms with Crippen molar-refractivity contribution in [2.24, 2.45) is 0 Å². The Morgan fingerprint density at radius 1 is 0.724 bits per heavy atom. The van der Waals surface area contributed by atoms with Gasteiger partial charge in [-0.25, -0.2) is 0 Å². The maximum absolute atomic E-state index is 6.83. The Bertz CT molecular complexity index is 1060. The molecule has 3 nitrogen and oxygen atoms in total. The quantitative estimate of drug-likeness (QED) is 0.468. The fraction of sp³-hybridized carbons (Fsp3) is 0.0769. The maximum Gasteiger partial charge on any atom is 0.149 e. The second-order valence-electron chi connectivity index (χ2n) is 7.02. The van der Waals surface area contributed by atoms with Crippen LogP contribution in [0.1, 0.15) is 22.5 Å². The summed E-state index contributed by atoms with van der Waals surface area (Å²) in [6.07, 6.45) is 5.28. The minimum absolute atomic E-state index is 0.324. The van der Waals surface area contributed by atoms with E-state index < -0.39 is 5.60 Å². The lowest BCUT2D eigenvalue weighted by Crippen LogP contribution is -2.43. The first kappa shape index (κ1) is 17.5. The smallest absolute Gasteiger partial charge is 0.149 e. The number of para-hydroxylation sites is 1. The zero-order chi connectivity index (χ0) is 19.5. The number of hydrogen-bond donors (Lipinski definition) is 1. The molecule has 1 aliphatic heterocycles. The molecule has 1 aliphatic rings. The molecule has 29 heavy (non-hydrogen) atoms. The molecule has 2 heterocycles. The summed E-state index contributed by atoms with van der Waals surface area (Å²) >= 11 is 0. The molecule has 3 aromatic carbocycles. The molecule has 0 spiro atoms. The van der Waals surface area contributed by atoms with E-state index in [9.17, 15) is 0 Å². The van der Waals surface area contributed by atoms with E-state index in [0.717, 1.165) is 28.1 Å². The minimum Gasteiger partial charge on any atom is -0.465 e. The van der Waals surface area contributed by atoms with Crippen LogP contribution in [0, 0.1) is 0 Å². The van der Waals surface area contributed by atoms with Gasteiger partial charge in [-0.05, 0) is 41.5 Å². The molecular formula is C26H21NO2. The fourth-order valence-electron chi connectivity index (χ4n) is 3.97. The number of fused-ring (bicyclic) bond motifs is 1. The average Bonchev–Trinajstić information content (AvgIpc) is 3.32. The Kier molecular flexibility index (Phi) is 4.51. The van der Waals surface area contributed by atoms with Gasteiger partial charge in [-0.2, -0.15) is 0 Å². The number of ether oxygens (including phenoxy) is 1. The molecular weight excluding hydrogens is 358 g/mol. The lowest BCUT2D eigenvalue weighted by molar-refractivity contribution is -0.0189. The average molecular weight is 379 g/mol. The van der Waals surface area contributed by atoms with Gasteiger partial charge in [-0.15, -0.1) is 0 Å². The highest BCUT2D eigenvalue weighted by Gasteiger charge is 2.43. The van der Waals surface area contributed by atoms with Crippen molar-refractivity contribution >= 4 is 11.8 Å². The van der Waals surface area contributed by atoms with Crippen LogP contribution < -0.4 is 5.32 Å². The molecule has 0 bridgehead atoms.